The molecule has 5 N–H and O–H groups in total. The molecule has 0 unspecified atom stereocenters. The number of aromatic hydroxyl groups is 1. The Morgan fingerprint density at radius 1 is 1.10 bits per heavy atom. The van der Waals surface area contributed by atoms with Crippen molar-refractivity contribution < 1.29 is 33.6 Å². The number of ether oxygens (including phenoxy) is 4. The Hall–Kier alpha value is -3.74. The van der Waals surface area contributed by atoms with Crippen molar-refractivity contribution in [2.45, 2.75) is 19.1 Å². The molecule has 204 valence electrons. The van der Waals surface area contributed by atoms with E-state index in [1.54, 1.807) is 61.5 Å². The van der Waals surface area contributed by atoms with Gasteiger partial charge in [-0.25, -0.2) is 4.79 Å². The number of rotatable bonds is 9. The van der Waals surface area contributed by atoms with Crippen molar-refractivity contribution in [1.29, 1.82) is 0 Å². The normalized spacial score (nSPS) is 13.6. The highest BCUT2D eigenvalue weighted by atomic mass is 79.9. The number of phenolic OH excluding ortho intramolecular Hbond substituents is 1. The zero-order valence-electron chi connectivity index (χ0n) is 20.6. The lowest BCUT2D eigenvalue weighted by Gasteiger charge is -2.26. The maximum Gasteiger partial charge on any atom is 0.412 e. The lowest BCUT2D eigenvalue weighted by Crippen LogP contribution is -2.28. The lowest BCUT2D eigenvalue weighted by molar-refractivity contribution is -0.112. The van der Waals surface area contributed by atoms with Gasteiger partial charge in [-0.2, -0.15) is 0 Å². The van der Waals surface area contributed by atoms with Crippen molar-refractivity contribution in [2.24, 2.45) is 0 Å². The summed E-state index contributed by atoms with van der Waals surface area (Å²) in [6, 6.07) is 15.0. The van der Waals surface area contributed by atoms with Crippen LogP contribution in [0.4, 0.5) is 21.9 Å². The lowest BCUT2D eigenvalue weighted by atomic mass is 10.0. The average molecular weight is 663 g/mol. The SMILES string of the molecule is CCO[C@@H](/C=C/C(=O)Nc1ccccc1N)[C@@H](OC(=O)Nc1ccc2c(c1)OCO2)c1cc(Br)cc(Br)c1O. The van der Waals surface area contributed by atoms with Crippen molar-refractivity contribution in [1.82, 2.24) is 0 Å². The minimum Gasteiger partial charge on any atom is -0.506 e. The van der Waals surface area contributed by atoms with Gasteiger partial charge in [0, 0.05) is 34.5 Å². The summed E-state index contributed by atoms with van der Waals surface area (Å²) in [4.78, 5) is 25.7. The maximum absolute atomic E-state index is 13.0. The van der Waals surface area contributed by atoms with E-state index in [0.717, 1.165) is 0 Å². The van der Waals surface area contributed by atoms with E-state index in [-0.39, 0.29) is 24.7 Å². The molecule has 3 aromatic carbocycles. The monoisotopic (exact) mass is 661 g/mol. The van der Waals surface area contributed by atoms with Gasteiger partial charge in [-0.1, -0.05) is 28.1 Å². The standard InChI is InChI=1S/C27H25Br2N3O7/c1-2-36-22(9-10-24(33)32-20-6-4-3-5-19(20)30)26(17-11-15(28)12-18(29)25(17)34)39-27(35)31-16-7-8-21-23(13-16)38-14-37-21/h3-13,22,26,34H,2,14,30H2,1H3,(H,31,35)(H,32,33)/b10-9+/t22-,26-/m0/s1. The number of carbonyl (C=O) groups is 2. The topological polar surface area (TPSA) is 141 Å². The zero-order valence-corrected chi connectivity index (χ0v) is 23.8. The van der Waals surface area contributed by atoms with Gasteiger partial charge in [0.2, 0.25) is 12.7 Å². The van der Waals surface area contributed by atoms with Crippen molar-refractivity contribution >= 4 is 60.9 Å². The van der Waals surface area contributed by atoms with E-state index in [9.17, 15) is 14.7 Å². The quantitative estimate of drug-likeness (QED) is 0.159. The van der Waals surface area contributed by atoms with E-state index in [0.29, 0.717) is 37.5 Å². The van der Waals surface area contributed by atoms with E-state index in [2.05, 4.69) is 42.5 Å². The fraction of sp³-hybridized carbons (Fsp3) is 0.185. The minimum atomic E-state index is -1.15. The first-order valence-corrected chi connectivity index (χ1v) is 13.3. The van der Waals surface area contributed by atoms with Crippen LogP contribution in [-0.4, -0.2) is 36.6 Å². The molecule has 1 heterocycles. The van der Waals surface area contributed by atoms with Gasteiger partial charge in [-0.3, -0.25) is 10.1 Å². The summed E-state index contributed by atoms with van der Waals surface area (Å²) >= 11 is 6.71. The number of nitrogens with two attached hydrogens (primary N) is 1. The number of carbonyl (C=O) groups excluding carboxylic acids is 2. The minimum absolute atomic E-state index is 0.0924. The first-order valence-electron chi connectivity index (χ1n) is 11.8. The molecule has 0 radical (unpaired) electrons. The summed E-state index contributed by atoms with van der Waals surface area (Å²) in [7, 11) is 0. The molecule has 0 spiro atoms. The zero-order chi connectivity index (χ0) is 27.9. The molecule has 4 rings (SSSR count). The summed E-state index contributed by atoms with van der Waals surface area (Å²) in [5.41, 5.74) is 7.42. The molecule has 0 saturated carbocycles. The van der Waals surface area contributed by atoms with Gasteiger partial charge in [0.05, 0.1) is 15.8 Å². The number of phenols is 1. The highest BCUT2D eigenvalue weighted by molar-refractivity contribution is 9.11. The van der Waals surface area contributed by atoms with Crippen LogP contribution < -0.4 is 25.8 Å². The molecule has 3 aromatic rings. The number of anilines is 3. The van der Waals surface area contributed by atoms with Gasteiger partial charge in [0.25, 0.3) is 0 Å². The molecule has 39 heavy (non-hydrogen) atoms. The molecule has 1 aliphatic rings. The van der Waals surface area contributed by atoms with Crippen LogP contribution in [0.15, 0.2) is 75.7 Å². The number of nitrogens with one attached hydrogen (secondary N) is 2. The Labute approximate surface area is 241 Å². The van der Waals surface area contributed by atoms with Gasteiger partial charge in [-0.15, -0.1) is 0 Å². The van der Waals surface area contributed by atoms with Crippen molar-refractivity contribution in [2.75, 3.05) is 29.8 Å². The molecule has 0 fully saturated rings. The molecule has 2 atom stereocenters. The van der Waals surface area contributed by atoms with E-state index >= 15 is 0 Å². The molecule has 10 nitrogen and oxygen atoms in total. The Morgan fingerprint density at radius 3 is 2.64 bits per heavy atom. The third kappa shape index (κ3) is 7.22. The average Bonchev–Trinajstić information content (AvgIpc) is 3.37. The Kier molecular flexibility index (Phi) is 9.33. The Balaban J connectivity index is 1.60. The predicted octanol–water partition coefficient (Wildman–Crippen LogP) is 6.12. The summed E-state index contributed by atoms with van der Waals surface area (Å²) in [6.07, 6.45) is -0.232. The van der Waals surface area contributed by atoms with Crippen LogP contribution in [0.1, 0.15) is 18.6 Å². The fourth-order valence-corrected chi connectivity index (χ4v) is 5.01. The number of benzene rings is 3. The Morgan fingerprint density at radius 2 is 1.87 bits per heavy atom. The van der Waals surface area contributed by atoms with Gasteiger partial charge in [-0.05, 0) is 65.3 Å². The predicted molar refractivity (Wildman–Crippen MR) is 153 cm³/mol. The molecular formula is C27H25Br2N3O7. The second-order valence-electron chi connectivity index (χ2n) is 8.20. The fourth-order valence-electron chi connectivity index (χ4n) is 3.75. The molecule has 2 amide bonds. The van der Waals surface area contributed by atoms with Crippen LogP contribution in [0.5, 0.6) is 17.2 Å². The molecule has 0 saturated heterocycles. The number of hydrogen-bond acceptors (Lipinski definition) is 8. The number of halogens is 2. The van der Waals surface area contributed by atoms with Crippen LogP contribution in [0.2, 0.25) is 0 Å². The first-order chi connectivity index (χ1) is 18.7. The van der Waals surface area contributed by atoms with Crippen molar-refractivity contribution in [3.05, 3.63) is 81.3 Å². The van der Waals surface area contributed by atoms with E-state index in [1.807, 2.05) is 0 Å². The van der Waals surface area contributed by atoms with E-state index in [1.165, 1.54) is 12.2 Å². The number of para-hydroxylation sites is 2. The molecule has 0 bridgehead atoms. The van der Waals surface area contributed by atoms with E-state index < -0.39 is 24.2 Å². The molecule has 0 aromatic heterocycles. The summed E-state index contributed by atoms with van der Waals surface area (Å²) < 4.78 is 23.3. The second-order valence-corrected chi connectivity index (χ2v) is 9.97. The first kappa shape index (κ1) is 28.3. The largest absolute Gasteiger partial charge is 0.506 e. The van der Waals surface area contributed by atoms with Crippen LogP contribution in [0.3, 0.4) is 0 Å². The van der Waals surface area contributed by atoms with Crippen LogP contribution in [0.25, 0.3) is 0 Å². The summed E-state index contributed by atoms with van der Waals surface area (Å²) in [5, 5.41) is 16.2. The second kappa shape index (κ2) is 12.9. The number of amides is 2. The summed E-state index contributed by atoms with van der Waals surface area (Å²) in [5.74, 6) is 0.422. The van der Waals surface area contributed by atoms with Crippen LogP contribution in [-0.2, 0) is 14.3 Å². The number of hydrogen-bond donors (Lipinski definition) is 4. The third-order valence-electron chi connectivity index (χ3n) is 5.53. The Bertz CT molecular complexity index is 1400. The molecule has 12 heteroatoms. The molecule has 0 aliphatic carbocycles. The van der Waals surface area contributed by atoms with Gasteiger partial charge in [0.1, 0.15) is 11.9 Å². The smallest absolute Gasteiger partial charge is 0.412 e. The number of nitrogen functional groups attached to an aromatic ring is 1. The third-order valence-corrected chi connectivity index (χ3v) is 6.59. The van der Waals surface area contributed by atoms with Crippen LogP contribution >= 0.6 is 31.9 Å². The van der Waals surface area contributed by atoms with Crippen molar-refractivity contribution in [3.8, 4) is 17.2 Å². The highest BCUT2D eigenvalue weighted by Gasteiger charge is 2.30. The van der Waals surface area contributed by atoms with Gasteiger partial charge < -0.3 is 35.1 Å². The highest BCUT2D eigenvalue weighted by Crippen LogP contribution is 2.39. The van der Waals surface area contributed by atoms with Crippen molar-refractivity contribution in [3.63, 3.8) is 0 Å². The van der Waals surface area contributed by atoms with E-state index in [4.69, 9.17) is 24.7 Å². The molecular weight excluding hydrogens is 638 g/mol. The van der Waals surface area contributed by atoms with Gasteiger partial charge in [0.15, 0.2) is 17.6 Å². The number of fused-ring (bicyclic) bond motifs is 1. The van der Waals surface area contributed by atoms with Gasteiger partial charge >= 0.3 is 6.09 Å². The molecule has 1 aliphatic heterocycles. The van der Waals surface area contributed by atoms with Crippen LogP contribution in [0, 0.1) is 0 Å². The maximum atomic E-state index is 13.0. The summed E-state index contributed by atoms with van der Waals surface area (Å²) in [6.45, 7) is 2.07.